The Morgan fingerprint density at radius 2 is 1.68 bits per heavy atom. The van der Waals surface area contributed by atoms with E-state index in [0.29, 0.717) is 75.1 Å². The molecule has 1 saturated carbocycles. The molecule has 1 atom stereocenters. The molecule has 2 aromatic carbocycles. The number of carbonyl (C=O) groups excluding carboxylic acids is 1. The number of nitrogens with one attached hydrogen (secondary N) is 1. The first-order valence-electron chi connectivity index (χ1n) is 14.1. The molecule has 1 aliphatic carbocycles. The number of alkyl halides is 6. The van der Waals surface area contributed by atoms with Crippen molar-refractivity contribution in [2.45, 2.75) is 63.0 Å². The molecule has 0 spiro atoms. The zero-order valence-electron chi connectivity index (χ0n) is 23.4. The number of carbonyl (C=O) groups is 1. The second-order valence-corrected chi connectivity index (χ2v) is 11.0. The first kappa shape index (κ1) is 31.7. The summed E-state index contributed by atoms with van der Waals surface area (Å²) >= 11 is 0. The number of ether oxygens (including phenoxy) is 1. The van der Waals surface area contributed by atoms with Crippen molar-refractivity contribution in [1.29, 1.82) is 0 Å². The number of nitro benzene ring substituents is 1. The van der Waals surface area contributed by atoms with Crippen molar-refractivity contribution < 1.29 is 45.2 Å². The van der Waals surface area contributed by atoms with Crippen molar-refractivity contribution in [3.8, 4) is 0 Å². The average molecular weight is 629 g/mol. The number of fused-ring (bicyclic) bond motifs is 1. The summed E-state index contributed by atoms with van der Waals surface area (Å²) < 4.78 is 90.8. The fraction of sp³-hybridized carbons (Fsp3) is 0.483. The van der Waals surface area contributed by atoms with Crippen LogP contribution in [0.15, 0.2) is 46.9 Å². The smallest absolute Gasteiger partial charge is 0.423 e. The number of furan rings is 1. The van der Waals surface area contributed by atoms with Crippen LogP contribution in [-0.4, -0.2) is 65.6 Å². The molecule has 1 unspecified atom stereocenters. The summed E-state index contributed by atoms with van der Waals surface area (Å²) in [6.45, 7) is 2.64. The summed E-state index contributed by atoms with van der Waals surface area (Å²) in [6.07, 6.45) is -7.25. The van der Waals surface area contributed by atoms with E-state index in [1.54, 1.807) is 6.07 Å². The lowest BCUT2D eigenvalue weighted by molar-refractivity contribution is -0.388. The van der Waals surface area contributed by atoms with Crippen LogP contribution in [0.2, 0.25) is 0 Å². The molecule has 2 aliphatic rings. The van der Waals surface area contributed by atoms with Gasteiger partial charge < -0.3 is 14.5 Å². The predicted octanol–water partition coefficient (Wildman–Crippen LogP) is 6.46. The molecule has 1 saturated heterocycles. The third kappa shape index (κ3) is 7.50. The monoisotopic (exact) mass is 628 g/mol. The number of benzene rings is 2. The largest absolute Gasteiger partial charge is 0.460 e. The summed E-state index contributed by atoms with van der Waals surface area (Å²) in [5.74, 6) is 0.546. The van der Waals surface area contributed by atoms with Crippen molar-refractivity contribution in [1.82, 2.24) is 9.80 Å². The molecule has 0 bridgehead atoms. The Balaban J connectivity index is 1.09. The highest BCUT2D eigenvalue weighted by atomic mass is 19.4. The van der Waals surface area contributed by atoms with Gasteiger partial charge >= 0.3 is 12.4 Å². The number of aldehydes is 1. The number of nitrogens with zero attached hydrogens (tertiary/aromatic N) is 3. The van der Waals surface area contributed by atoms with Gasteiger partial charge in [0.2, 0.25) is 0 Å². The van der Waals surface area contributed by atoms with Gasteiger partial charge in [-0.2, -0.15) is 26.3 Å². The Labute approximate surface area is 247 Å². The number of halogens is 6. The summed E-state index contributed by atoms with van der Waals surface area (Å²) in [6, 6.07) is 7.67. The SMILES string of the molecule is O=CC(OC1CCC(Nc2ccc([N+](=O)[O-])c(C(F)(F)F)c2)CC1)N1CCN(Cc2cc3cc(C(F)(F)F)ccc3o2)CC1. The van der Waals surface area contributed by atoms with E-state index in [1.165, 1.54) is 12.1 Å². The van der Waals surface area contributed by atoms with Gasteiger partial charge in [0.05, 0.1) is 23.1 Å². The zero-order chi connectivity index (χ0) is 31.6. The number of hydrogen-bond donors (Lipinski definition) is 1. The van der Waals surface area contributed by atoms with Crippen molar-refractivity contribution in [2.75, 3.05) is 31.5 Å². The Morgan fingerprint density at radius 3 is 2.30 bits per heavy atom. The van der Waals surface area contributed by atoms with Gasteiger partial charge in [0.15, 0.2) is 12.5 Å². The summed E-state index contributed by atoms with van der Waals surface area (Å²) in [7, 11) is 0. The van der Waals surface area contributed by atoms with Crippen molar-refractivity contribution >= 4 is 28.6 Å². The van der Waals surface area contributed by atoms with Crippen LogP contribution in [0.4, 0.5) is 37.7 Å². The summed E-state index contributed by atoms with van der Waals surface area (Å²) in [4.78, 5) is 25.9. The molecule has 3 aromatic rings. The van der Waals surface area contributed by atoms with Gasteiger partial charge in [-0.15, -0.1) is 0 Å². The minimum Gasteiger partial charge on any atom is -0.460 e. The van der Waals surface area contributed by atoms with E-state index in [9.17, 15) is 41.3 Å². The highest BCUT2D eigenvalue weighted by molar-refractivity contribution is 5.78. The Kier molecular flexibility index (Phi) is 9.18. The number of piperazine rings is 1. The van der Waals surface area contributed by atoms with E-state index >= 15 is 0 Å². The number of hydrogen-bond acceptors (Lipinski definition) is 8. The lowest BCUT2D eigenvalue weighted by Gasteiger charge is -2.39. The van der Waals surface area contributed by atoms with Crippen molar-refractivity contribution in [3.05, 3.63) is 69.5 Å². The second kappa shape index (κ2) is 12.7. The van der Waals surface area contributed by atoms with Gasteiger partial charge in [-0.1, -0.05) is 0 Å². The average Bonchev–Trinajstić information content (AvgIpc) is 3.38. The van der Waals surface area contributed by atoms with Gasteiger partial charge in [-0.25, -0.2) is 0 Å². The lowest BCUT2D eigenvalue weighted by atomic mass is 9.92. The molecular formula is C29H30F6N4O5. The first-order valence-corrected chi connectivity index (χ1v) is 14.1. The maximum absolute atomic E-state index is 13.3. The fourth-order valence-electron chi connectivity index (χ4n) is 5.74. The predicted molar refractivity (Wildman–Crippen MR) is 147 cm³/mol. The third-order valence-electron chi connectivity index (χ3n) is 8.03. The highest BCUT2D eigenvalue weighted by Crippen LogP contribution is 2.38. The fourth-order valence-corrected chi connectivity index (χ4v) is 5.74. The normalized spacial score (nSPS) is 21.3. The topological polar surface area (TPSA) is 101 Å². The molecule has 238 valence electrons. The summed E-state index contributed by atoms with van der Waals surface area (Å²) in [5, 5.41) is 14.4. The first-order chi connectivity index (χ1) is 20.8. The van der Waals surface area contributed by atoms with Crippen molar-refractivity contribution in [2.24, 2.45) is 0 Å². The third-order valence-corrected chi connectivity index (χ3v) is 8.03. The van der Waals surface area contributed by atoms with E-state index in [1.807, 2.05) is 4.90 Å². The van der Waals surface area contributed by atoms with Gasteiger partial charge in [-0.3, -0.25) is 24.7 Å². The quantitative estimate of drug-likeness (QED) is 0.125. The minimum atomic E-state index is -4.86. The van der Waals surface area contributed by atoms with Crippen LogP contribution < -0.4 is 5.32 Å². The molecule has 0 radical (unpaired) electrons. The Hall–Kier alpha value is -3.69. The molecule has 1 aliphatic heterocycles. The van der Waals surface area contributed by atoms with Crippen LogP contribution in [0.25, 0.3) is 11.0 Å². The van der Waals surface area contributed by atoms with E-state index in [4.69, 9.17) is 9.15 Å². The van der Waals surface area contributed by atoms with E-state index in [2.05, 4.69) is 10.2 Å². The lowest BCUT2D eigenvalue weighted by Crippen LogP contribution is -2.52. The van der Waals surface area contributed by atoms with Crippen LogP contribution >= 0.6 is 0 Å². The number of anilines is 1. The molecule has 44 heavy (non-hydrogen) atoms. The molecule has 5 rings (SSSR count). The summed E-state index contributed by atoms with van der Waals surface area (Å²) in [5.41, 5.74) is -2.53. The number of rotatable bonds is 9. The second-order valence-electron chi connectivity index (χ2n) is 11.0. The molecule has 2 fully saturated rings. The molecule has 1 N–H and O–H groups in total. The van der Waals surface area contributed by atoms with Gasteiger partial charge in [0.25, 0.3) is 5.69 Å². The van der Waals surface area contributed by atoms with E-state index < -0.39 is 40.3 Å². The molecule has 0 amide bonds. The van der Waals surface area contributed by atoms with E-state index in [-0.39, 0.29) is 17.8 Å². The zero-order valence-corrected chi connectivity index (χ0v) is 23.4. The standard InChI is InChI=1S/C29H30F6N4O5/c30-28(31,32)19-1-8-26-18(13-19)14-23(43-26)16-37-9-11-38(12-10-37)27(17-40)44-22-5-2-20(3-6-22)36-21-4-7-25(39(41)42)24(15-21)29(33,34)35/h1,4,7-8,13-15,17,20,22,27,36H,2-3,5-6,9-12,16H2. The molecule has 2 heterocycles. The number of nitro groups is 1. The minimum absolute atomic E-state index is 0.143. The molecular weight excluding hydrogens is 598 g/mol. The Morgan fingerprint density at radius 1 is 0.977 bits per heavy atom. The van der Waals surface area contributed by atoms with Crippen LogP contribution in [-0.2, 0) is 28.4 Å². The molecule has 9 nitrogen and oxygen atoms in total. The molecule has 1 aromatic heterocycles. The van der Waals surface area contributed by atoms with Crippen molar-refractivity contribution in [3.63, 3.8) is 0 Å². The maximum atomic E-state index is 13.3. The molecule has 15 heteroatoms. The Bertz CT molecular complexity index is 1480. The van der Waals surface area contributed by atoms with Gasteiger partial charge in [0.1, 0.15) is 16.9 Å². The van der Waals surface area contributed by atoms with Crippen LogP contribution in [0.5, 0.6) is 0 Å². The highest BCUT2D eigenvalue weighted by Gasteiger charge is 2.39. The maximum Gasteiger partial charge on any atom is 0.423 e. The van der Waals surface area contributed by atoms with E-state index in [0.717, 1.165) is 30.6 Å². The van der Waals surface area contributed by atoms with Crippen LogP contribution in [0.1, 0.15) is 42.6 Å². The van der Waals surface area contributed by atoms with Crippen LogP contribution in [0, 0.1) is 10.1 Å². The van der Waals surface area contributed by atoms with Gasteiger partial charge in [-0.05, 0) is 62.1 Å². The van der Waals surface area contributed by atoms with Gasteiger partial charge in [0, 0.05) is 49.4 Å². The van der Waals surface area contributed by atoms with Crippen LogP contribution in [0.3, 0.4) is 0 Å².